The van der Waals surface area contributed by atoms with Crippen molar-refractivity contribution >= 4 is 32.3 Å². The summed E-state index contributed by atoms with van der Waals surface area (Å²) in [7, 11) is 0. The monoisotopic (exact) mass is 356 g/mol. The third-order valence-electron chi connectivity index (χ3n) is 6.65. The Bertz CT molecular complexity index is 1120. The van der Waals surface area contributed by atoms with Crippen LogP contribution in [-0.2, 0) is 11.0 Å². The smallest absolute Gasteiger partial charge is 0.0902 e. The predicted molar refractivity (Wildman–Crippen MR) is 116 cm³/mol. The zero-order valence-electron chi connectivity index (χ0n) is 16.6. The molecule has 0 heterocycles. The van der Waals surface area contributed by atoms with Gasteiger partial charge in [-0.3, -0.25) is 0 Å². The Morgan fingerprint density at radius 1 is 0.741 bits per heavy atom. The number of hydrogen-bond donors (Lipinski definition) is 1. The van der Waals surface area contributed by atoms with Gasteiger partial charge in [0.05, 0.1) is 5.60 Å². The van der Waals surface area contributed by atoms with E-state index in [9.17, 15) is 5.11 Å². The Hall–Kier alpha value is -2.12. The van der Waals surface area contributed by atoms with Crippen molar-refractivity contribution in [1.29, 1.82) is 0 Å². The van der Waals surface area contributed by atoms with Crippen LogP contribution in [-0.4, -0.2) is 5.11 Å². The van der Waals surface area contributed by atoms with Gasteiger partial charge in [-0.25, -0.2) is 0 Å². The van der Waals surface area contributed by atoms with E-state index in [4.69, 9.17) is 0 Å². The molecule has 1 aliphatic carbocycles. The van der Waals surface area contributed by atoms with E-state index in [2.05, 4.69) is 69.3 Å². The first-order valence-corrected chi connectivity index (χ1v) is 10.3. The molecule has 138 valence electrons. The standard InChI is InChI=1S/C26H28O/c1-25(2,3)20-15-18-8-7-17-10-12-22(26(27)13-5-4-6-14-26)21-11-9-19(16-20)23(18)24(17)21/h7-12,15-16,27H,4-6,13-14H2,1-3H3. The Balaban J connectivity index is 1.85. The van der Waals surface area contributed by atoms with Crippen LogP contribution in [0.5, 0.6) is 0 Å². The first kappa shape index (κ1) is 17.0. The maximum Gasteiger partial charge on any atom is 0.0902 e. The van der Waals surface area contributed by atoms with E-state index in [-0.39, 0.29) is 5.41 Å². The molecular weight excluding hydrogens is 328 g/mol. The predicted octanol–water partition coefficient (Wildman–Crippen LogP) is 7.03. The van der Waals surface area contributed by atoms with Crippen molar-refractivity contribution in [3.05, 3.63) is 59.7 Å². The fourth-order valence-electron chi connectivity index (χ4n) is 5.06. The molecule has 1 saturated carbocycles. The van der Waals surface area contributed by atoms with E-state index in [1.54, 1.807) is 0 Å². The lowest BCUT2D eigenvalue weighted by molar-refractivity contribution is 0.000783. The second-order valence-electron chi connectivity index (χ2n) is 9.53. The molecule has 0 unspecified atom stereocenters. The molecule has 27 heavy (non-hydrogen) atoms. The van der Waals surface area contributed by atoms with Gasteiger partial charge >= 0.3 is 0 Å². The summed E-state index contributed by atoms with van der Waals surface area (Å²) in [5.74, 6) is 0. The van der Waals surface area contributed by atoms with Crippen molar-refractivity contribution < 1.29 is 5.11 Å². The highest BCUT2D eigenvalue weighted by Gasteiger charge is 2.33. The number of rotatable bonds is 1. The molecule has 1 heteroatoms. The van der Waals surface area contributed by atoms with Crippen LogP contribution in [0.4, 0.5) is 0 Å². The van der Waals surface area contributed by atoms with E-state index < -0.39 is 5.60 Å². The number of benzene rings is 4. The van der Waals surface area contributed by atoms with Crippen LogP contribution in [0, 0.1) is 0 Å². The first-order chi connectivity index (χ1) is 12.9. The lowest BCUT2D eigenvalue weighted by atomic mass is 9.76. The van der Waals surface area contributed by atoms with Gasteiger partial charge in [0.15, 0.2) is 0 Å². The van der Waals surface area contributed by atoms with Gasteiger partial charge in [0.1, 0.15) is 0 Å². The highest BCUT2D eigenvalue weighted by molar-refractivity contribution is 6.23. The fraction of sp³-hybridized carbons (Fsp3) is 0.385. The van der Waals surface area contributed by atoms with E-state index in [1.807, 2.05) is 0 Å². The SMILES string of the molecule is CC(C)(C)c1cc2ccc3ccc(C4(O)CCCCC4)c4ccc(c1)c2c34. The van der Waals surface area contributed by atoms with Gasteiger partial charge in [0.25, 0.3) is 0 Å². The van der Waals surface area contributed by atoms with Gasteiger partial charge in [-0.1, -0.05) is 88.6 Å². The third kappa shape index (κ3) is 2.56. The average Bonchev–Trinajstić information content (AvgIpc) is 2.65. The summed E-state index contributed by atoms with van der Waals surface area (Å²) < 4.78 is 0. The molecular formula is C26H28O. The molecule has 4 aromatic carbocycles. The van der Waals surface area contributed by atoms with Crippen LogP contribution < -0.4 is 0 Å². The molecule has 0 bridgehead atoms. The first-order valence-electron chi connectivity index (χ1n) is 10.3. The minimum Gasteiger partial charge on any atom is -0.385 e. The molecule has 1 aliphatic rings. The van der Waals surface area contributed by atoms with Crippen LogP contribution >= 0.6 is 0 Å². The summed E-state index contributed by atoms with van der Waals surface area (Å²) in [6.45, 7) is 6.82. The second kappa shape index (κ2) is 5.69. The van der Waals surface area contributed by atoms with Crippen LogP contribution in [0.15, 0.2) is 48.5 Å². The zero-order valence-corrected chi connectivity index (χ0v) is 16.6. The molecule has 0 aliphatic heterocycles. The summed E-state index contributed by atoms with van der Waals surface area (Å²) in [5, 5.41) is 19.2. The number of aliphatic hydroxyl groups is 1. The van der Waals surface area contributed by atoms with Gasteiger partial charge in [-0.15, -0.1) is 0 Å². The summed E-state index contributed by atoms with van der Waals surface area (Å²) >= 11 is 0. The van der Waals surface area contributed by atoms with Crippen molar-refractivity contribution in [2.24, 2.45) is 0 Å². The van der Waals surface area contributed by atoms with Gasteiger partial charge < -0.3 is 5.11 Å². The van der Waals surface area contributed by atoms with Crippen molar-refractivity contribution in [3.8, 4) is 0 Å². The zero-order chi connectivity index (χ0) is 18.8. The molecule has 0 spiro atoms. The van der Waals surface area contributed by atoms with Crippen LogP contribution in [0.25, 0.3) is 32.3 Å². The molecule has 0 aromatic heterocycles. The molecule has 0 amide bonds. The Labute approximate surface area is 161 Å². The summed E-state index contributed by atoms with van der Waals surface area (Å²) in [4.78, 5) is 0. The molecule has 1 N–H and O–H groups in total. The Kier molecular flexibility index (Phi) is 3.58. The highest BCUT2D eigenvalue weighted by Crippen LogP contribution is 2.44. The molecule has 0 radical (unpaired) electrons. The lowest BCUT2D eigenvalue weighted by Gasteiger charge is -2.34. The number of hydrogen-bond acceptors (Lipinski definition) is 1. The normalized spacial score (nSPS) is 17.9. The topological polar surface area (TPSA) is 20.2 Å². The highest BCUT2D eigenvalue weighted by atomic mass is 16.3. The summed E-state index contributed by atoms with van der Waals surface area (Å²) in [6.07, 6.45) is 5.24. The molecule has 5 rings (SSSR count). The van der Waals surface area contributed by atoms with E-state index in [0.717, 1.165) is 31.2 Å². The van der Waals surface area contributed by atoms with Crippen molar-refractivity contribution in [1.82, 2.24) is 0 Å². The van der Waals surface area contributed by atoms with Crippen LogP contribution in [0.3, 0.4) is 0 Å². The van der Waals surface area contributed by atoms with E-state index in [0.29, 0.717) is 0 Å². The quantitative estimate of drug-likeness (QED) is 0.363. The third-order valence-corrected chi connectivity index (χ3v) is 6.65. The minimum absolute atomic E-state index is 0.132. The van der Waals surface area contributed by atoms with Crippen molar-refractivity contribution in [2.75, 3.05) is 0 Å². The lowest BCUT2D eigenvalue weighted by Crippen LogP contribution is -2.28. The van der Waals surface area contributed by atoms with Crippen molar-refractivity contribution in [2.45, 2.75) is 63.9 Å². The largest absolute Gasteiger partial charge is 0.385 e. The molecule has 0 saturated heterocycles. The summed E-state index contributed by atoms with van der Waals surface area (Å²) in [6, 6.07) is 18.1. The maximum atomic E-state index is 11.4. The van der Waals surface area contributed by atoms with Gasteiger partial charge in [0, 0.05) is 0 Å². The van der Waals surface area contributed by atoms with Crippen LogP contribution in [0.2, 0.25) is 0 Å². The Morgan fingerprint density at radius 2 is 1.33 bits per heavy atom. The molecule has 1 nitrogen and oxygen atoms in total. The maximum absolute atomic E-state index is 11.4. The van der Waals surface area contributed by atoms with E-state index >= 15 is 0 Å². The Morgan fingerprint density at radius 3 is 2.00 bits per heavy atom. The molecule has 4 aromatic rings. The average molecular weight is 357 g/mol. The van der Waals surface area contributed by atoms with Gasteiger partial charge in [-0.2, -0.15) is 0 Å². The minimum atomic E-state index is -0.670. The van der Waals surface area contributed by atoms with Gasteiger partial charge in [-0.05, 0) is 61.7 Å². The second-order valence-corrected chi connectivity index (χ2v) is 9.53. The summed E-state index contributed by atoms with van der Waals surface area (Å²) in [5.41, 5.74) is 1.97. The van der Waals surface area contributed by atoms with Crippen molar-refractivity contribution in [3.63, 3.8) is 0 Å². The molecule has 0 atom stereocenters. The van der Waals surface area contributed by atoms with Crippen LogP contribution in [0.1, 0.15) is 64.0 Å². The molecule has 1 fully saturated rings. The fourth-order valence-corrected chi connectivity index (χ4v) is 5.06. The van der Waals surface area contributed by atoms with E-state index in [1.165, 1.54) is 44.3 Å². The van der Waals surface area contributed by atoms with Gasteiger partial charge in [0.2, 0.25) is 0 Å².